The highest BCUT2D eigenvalue weighted by Crippen LogP contribution is 2.19. The highest BCUT2D eigenvalue weighted by atomic mass is 16.5. The molecule has 0 bridgehead atoms. The number of aryl methyl sites for hydroxylation is 2. The maximum absolute atomic E-state index is 11.8. The number of anilines is 2. The molecule has 5 nitrogen and oxygen atoms in total. The second-order valence-corrected chi connectivity index (χ2v) is 4.86. The second-order valence-electron chi connectivity index (χ2n) is 4.86. The third-order valence-corrected chi connectivity index (χ3v) is 2.87. The third-order valence-electron chi connectivity index (χ3n) is 2.87. The average molecular weight is 285 g/mol. The van der Waals surface area contributed by atoms with Crippen molar-refractivity contribution < 1.29 is 9.53 Å². The van der Waals surface area contributed by atoms with E-state index in [2.05, 4.69) is 10.3 Å². The Morgan fingerprint density at radius 1 is 1.29 bits per heavy atom. The quantitative estimate of drug-likeness (QED) is 0.828. The van der Waals surface area contributed by atoms with Crippen molar-refractivity contribution in [2.75, 3.05) is 17.7 Å². The normalized spacial score (nSPS) is 10.2. The van der Waals surface area contributed by atoms with Crippen molar-refractivity contribution in [2.45, 2.75) is 20.3 Å². The van der Waals surface area contributed by atoms with Gasteiger partial charge in [-0.15, -0.1) is 0 Å². The highest BCUT2D eigenvalue weighted by molar-refractivity contribution is 5.89. The molecule has 0 saturated carbocycles. The molecule has 1 aromatic carbocycles. The summed E-state index contributed by atoms with van der Waals surface area (Å²) in [7, 11) is 0. The topological polar surface area (TPSA) is 77.2 Å². The molecule has 0 spiro atoms. The van der Waals surface area contributed by atoms with Gasteiger partial charge in [-0.05, 0) is 43.7 Å². The fraction of sp³-hybridized carbons (Fsp3) is 0.250. The molecule has 1 aromatic heterocycles. The number of carbonyl (C=O) groups is 1. The SMILES string of the molecule is Cc1cc(C)nc(NC(=O)CCOc2ccccc2N)c1. The smallest absolute Gasteiger partial charge is 0.228 e. The summed E-state index contributed by atoms with van der Waals surface area (Å²) in [5.41, 5.74) is 8.26. The average Bonchev–Trinajstić information content (AvgIpc) is 2.39. The van der Waals surface area contributed by atoms with Crippen LogP contribution in [0.2, 0.25) is 0 Å². The summed E-state index contributed by atoms with van der Waals surface area (Å²) in [6.07, 6.45) is 0.239. The van der Waals surface area contributed by atoms with E-state index >= 15 is 0 Å². The number of amides is 1. The van der Waals surface area contributed by atoms with Crippen LogP contribution in [0.4, 0.5) is 11.5 Å². The Balaban J connectivity index is 1.84. The fourth-order valence-corrected chi connectivity index (χ4v) is 1.98. The molecule has 5 heteroatoms. The maximum Gasteiger partial charge on any atom is 0.228 e. The summed E-state index contributed by atoms with van der Waals surface area (Å²) in [5.74, 6) is 1.02. The second kappa shape index (κ2) is 6.74. The summed E-state index contributed by atoms with van der Waals surface area (Å²) in [4.78, 5) is 16.1. The predicted octanol–water partition coefficient (Wildman–Crippen LogP) is 2.69. The number of benzene rings is 1. The summed E-state index contributed by atoms with van der Waals surface area (Å²) >= 11 is 0. The van der Waals surface area contributed by atoms with Crippen LogP contribution in [0.3, 0.4) is 0 Å². The molecule has 21 heavy (non-hydrogen) atoms. The Bertz CT molecular complexity index is 621. The number of carbonyl (C=O) groups excluding carboxylic acids is 1. The van der Waals surface area contributed by atoms with E-state index in [1.807, 2.05) is 38.1 Å². The number of hydrogen-bond acceptors (Lipinski definition) is 4. The number of pyridine rings is 1. The van der Waals surface area contributed by atoms with Crippen molar-refractivity contribution in [1.82, 2.24) is 4.98 Å². The minimum absolute atomic E-state index is 0.137. The van der Waals surface area contributed by atoms with E-state index < -0.39 is 0 Å². The van der Waals surface area contributed by atoms with Crippen molar-refractivity contribution >= 4 is 17.4 Å². The molecule has 0 fully saturated rings. The fourth-order valence-electron chi connectivity index (χ4n) is 1.98. The Hall–Kier alpha value is -2.56. The molecular weight excluding hydrogens is 266 g/mol. The van der Waals surface area contributed by atoms with E-state index in [0.29, 0.717) is 17.3 Å². The van der Waals surface area contributed by atoms with Gasteiger partial charge in [-0.2, -0.15) is 0 Å². The van der Waals surface area contributed by atoms with Gasteiger partial charge in [0, 0.05) is 5.69 Å². The molecule has 3 N–H and O–H groups in total. The largest absolute Gasteiger partial charge is 0.491 e. The van der Waals surface area contributed by atoms with Crippen LogP contribution in [-0.2, 0) is 4.79 Å². The van der Waals surface area contributed by atoms with E-state index in [1.165, 1.54) is 0 Å². The lowest BCUT2D eigenvalue weighted by Gasteiger charge is -2.09. The number of nitrogens with zero attached hydrogens (tertiary/aromatic N) is 1. The zero-order valence-corrected chi connectivity index (χ0v) is 12.2. The highest BCUT2D eigenvalue weighted by Gasteiger charge is 2.06. The molecule has 0 aliphatic heterocycles. The van der Waals surface area contributed by atoms with E-state index in [-0.39, 0.29) is 18.9 Å². The van der Waals surface area contributed by atoms with Crippen molar-refractivity contribution in [3.05, 3.63) is 47.7 Å². The molecule has 110 valence electrons. The molecule has 2 aromatic rings. The number of hydrogen-bond donors (Lipinski definition) is 2. The molecule has 0 unspecified atom stereocenters. The van der Waals surface area contributed by atoms with Crippen LogP contribution < -0.4 is 15.8 Å². The van der Waals surface area contributed by atoms with Crippen LogP contribution in [0, 0.1) is 13.8 Å². The first kappa shape index (κ1) is 14.8. The van der Waals surface area contributed by atoms with E-state index in [4.69, 9.17) is 10.5 Å². The molecule has 0 aliphatic carbocycles. The summed E-state index contributed by atoms with van der Waals surface area (Å²) in [5, 5.41) is 2.76. The number of para-hydroxylation sites is 2. The van der Waals surface area contributed by atoms with Crippen LogP contribution in [0.1, 0.15) is 17.7 Å². The van der Waals surface area contributed by atoms with Crippen molar-refractivity contribution in [1.29, 1.82) is 0 Å². The minimum atomic E-state index is -0.137. The number of aromatic nitrogens is 1. The van der Waals surface area contributed by atoms with Gasteiger partial charge in [-0.3, -0.25) is 4.79 Å². The molecular formula is C16H19N3O2. The molecule has 1 amide bonds. The molecule has 0 radical (unpaired) electrons. The Morgan fingerprint density at radius 2 is 2.05 bits per heavy atom. The lowest BCUT2D eigenvalue weighted by molar-refractivity contribution is -0.116. The molecule has 2 rings (SSSR count). The first-order valence-corrected chi connectivity index (χ1v) is 6.77. The number of rotatable bonds is 5. The van der Waals surface area contributed by atoms with Gasteiger partial charge in [0.25, 0.3) is 0 Å². The van der Waals surface area contributed by atoms with Crippen LogP contribution in [0.25, 0.3) is 0 Å². The maximum atomic E-state index is 11.8. The van der Waals surface area contributed by atoms with Gasteiger partial charge < -0.3 is 15.8 Å². The van der Waals surface area contributed by atoms with Gasteiger partial charge in [-0.1, -0.05) is 12.1 Å². The number of nitrogen functional groups attached to an aromatic ring is 1. The van der Waals surface area contributed by atoms with Crippen LogP contribution in [0.5, 0.6) is 5.75 Å². The molecule has 0 atom stereocenters. The van der Waals surface area contributed by atoms with E-state index in [1.54, 1.807) is 12.1 Å². The zero-order chi connectivity index (χ0) is 15.2. The molecule has 1 heterocycles. The van der Waals surface area contributed by atoms with Crippen molar-refractivity contribution in [3.8, 4) is 5.75 Å². The van der Waals surface area contributed by atoms with Gasteiger partial charge in [0.1, 0.15) is 11.6 Å². The van der Waals surface area contributed by atoms with Crippen molar-refractivity contribution in [3.63, 3.8) is 0 Å². The summed E-state index contributed by atoms with van der Waals surface area (Å²) < 4.78 is 5.49. The van der Waals surface area contributed by atoms with Crippen LogP contribution >= 0.6 is 0 Å². The summed E-state index contributed by atoms with van der Waals surface area (Å²) in [6, 6.07) is 11.0. The first-order valence-electron chi connectivity index (χ1n) is 6.77. The summed E-state index contributed by atoms with van der Waals surface area (Å²) in [6.45, 7) is 4.13. The van der Waals surface area contributed by atoms with Gasteiger partial charge in [0.05, 0.1) is 18.7 Å². The predicted molar refractivity (Wildman–Crippen MR) is 83.3 cm³/mol. The van der Waals surface area contributed by atoms with Crippen molar-refractivity contribution in [2.24, 2.45) is 0 Å². The van der Waals surface area contributed by atoms with E-state index in [9.17, 15) is 4.79 Å². The molecule has 0 aliphatic rings. The Morgan fingerprint density at radius 3 is 2.76 bits per heavy atom. The Kier molecular flexibility index (Phi) is 4.77. The van der Waals surface area contributed by atoms with Crippen LogP contribution in [0.15, 0.2) is 36.4 Å². The number of nitrogens with two attached hydrogens (primary N) is 1. The van der Waals surface area contributed by atoms with Crippen LogP contribution in [-0.4, -0.2) is 17.5 Å². The lowest BCUT2D eigenvalue weighted by atomic mass is 10.2. The first-order chi connectivity index (χ1) is 10.0. The lowest BCUT2D eigenvalue weighted by Crippen LogP contribution is -2.16. The molecule has 0 saturated heterocycles. The van der Waals surface area contributed by atoms with Gasteiger partial charge in [0.2, 0.25) is 5.91 Å². The third kappa shape index (κ3) is 4.49. The standard InChI is InChI=1S/C16H19N3O2/c1-11-9-12(2)18-15(10-11)19-16(20)7-8-21-14-6-4-3-5-13(14)17/h3-6,9-10H,7-8,17H2,1-2H3,(H,18,19,20). The number of nitrogens with one attached hydrogen (secondary N) is 1. The monoisotopic (exact) mass is 285 g/mol. The number of ether oxygens (including phenoxy) is 1. The van der Waals surface area contributed by atoms with Gasteiger partial charge >= 0.3 is 0 Å². The minimum Gasteiger partial charge on any atom is -0.491 e. The Labute approximate surface area is 124 Å². The van der Waals surface area contributed by atoms with E-state index in [0.717, 1.165) is 11.3 Å². The van der Waals surface area contributed by atoms with Gasteiger partial charge in [-0.25, -0.2) is 4.98 Å². The zero-order valence-electron chi connectivity index (χ0n) is 12.2. The van der Waals surface area contributed by atoms with Gasteiger partial charge in [0.15, 0.2) is 0 Å².